The second-order valence-electron chi connectivity index (χ2n) is 3.44. The molecule has 0 aromatic carbocycles. The van der Waals surface area contributed by atoms with E-state index in [4.69, 9.17) is 0 Å². The lowest BCUT2D eigenvalue weighted by atomic mass is 10.1. The minimum absolute atomic E-state index is 0.0402. The zero-order valence-electron chi connectivity index (χ0n) is 9.22. The molecule has 18 heavy (non-hydrogen) atoms. The highest BCUT2D eigenvalue weighted by Gasteiger charge is 2.47. The number of alkyl halides is 3. The first kappa shape index (κ1) is 16.9. The van der Waals surface area contributed by atoms with E-state index in [9.17, 15) is 35.1 Å². The molecule has 0 bridgehead atoms. The Bertz CT molecular complexity index is 340. The van der Waals surface area contributed by atoms with Crippen molar-refractivity contribution in [2.45, 2.75) is 38.3 Å². The fourth-order valence-electron chi connectivity index (χ4n) is 1.03. The summed E-state index contributed by atoms with van der Waals surface area (Å²) in [6, 6.07) is 0. The summed E-state index contributed by atoms with van der Waals surface area (Å²) in [5, 5.41) is 0. The summed E-state index contributed by atoms with van der Waals surface area (Å²) in [5.74, 6) is -14.3. The highest BCUT2D eigenvalue weighted by molar-refractivity contribution is 5.26. The molecule has 0 spiro atoms. The van der Waals surface area contributed by atoms with Crippen molar-refractivity contribution in [3.63, 3.8) is 0 Å². The number of halogens is 8. The molecule has 0 saturated carbocycles. The molecule has 8 heteroatoms. The molecule has 0 aromatic heterocycles. The monoisotopic (exact) mass is 282 g/mol. The molecular formula is C10H10F8. The fraction of sp³-hybridized carbons (Fsp3) is 0.600. The summed E-state index contributed by atoms with van der Waals surface area (Å²) in [6.07, 6.45) is -6.94. The summed E-state index contributed by atoms with van der Waals surface area (Å²) >= 11 is 0. The Morgan fingerprint density at radius 3 is 1.89 bits per heavy atom. The van der Waals surface area contributed by atoms with Crippen LogP contribution in [0.2, 0.25) is 0 Å². The van der Waals surface area contributed by atoms with Crippen LogP contribution < -0.4 is 0 Å². The third-order valence-electron chi connectivity index (χ3n) is 2.05. The van der Waals surface area contributed by atoms with Crippen molar-refractivity contribution in [2.75, 3.05) is 0 Å². The van der Waals surface area contributed by atoms with Gasteiger partial charge in [-0.05, 0) is 6.42 Å². The van der Waals surface area contributed by atoms with Crippen LogP contribution in [0.3, 0.4) is 0 Å². The largest absolute Gasteiger partial charge is 0.332 e. The van der Waals surface area contributed by atoms with Crippen molar-refractivity contribution in [1.82, 2.24) is 0 Å². The highest BCUT2D eigenvalue weighted by atomic mass is 19.3. The predicted molar refractivity (Wildman–Crippen MR) is 49.0 cm³/mol. The van der Waals surface area contributed by atoms with Gasteiger partial charge in [-0.25, -0.2) is 13.2 Å². The van der Waals surface area contributed by atoms with Crippen LogP contribution >= 0.6 is 0 Å². The third-order valence-corrected chi connectivity index (χ3v) is 2.05. The van der Waals surface area contributed by atoms with Gasteiger partial charge in [-0.1, -0.05) is 19.8 Å². The van der Waals surface area contributed by atoms with E-state index in [2.05, 4.69) is 0 Å². The smallest absolute Gasteiger partial charge is 0.240 e. The van der Waals surface area contributed by atoms with Gasteiger partial charge in [0.1, 0.15) is 0 Å². The number of hydrogen-bond acceptors (Lipinski definition) is 0. The van der Waals surface area contributed by atoms with Gasteiger partial charge in [0, 0.05) is 0 Å². The average molecular weight is 282 g/mol. The Morgan fingerprint density at radius 2 is 1.50 bits per heavy atom. The molecule has 0 N–H and O–H groups in total. The van der Waals surface area contributed by atoms with Gasteiger partial charge in [0.05, 0.1) is 0 Å². The van der Waals surface area contributed by atoms with E-state index in [1.807, 2.05) is 0 Å². The average Bonchev–Trinajstić information content (AvgIpc) is 2.32. The molecule has 0 heterocycles. The maximum Gasteiger partial charge on any atom is 0.332 e. The van der Waals surface area contributed by atoms with Crippen LogP contribution in [-0.4, -0.2) is 12.1 Å². The topological polar surface area (TPSA) is 0 Å². The van der Waals surface area contributed by atoms with Gasteiger partial charge in [-0.2, -0.15) is 22.0 Å². The van der Waals surface area contributed by atoms with E-state index in [0.29, 0.717) is 6.42 Å². The Balaban J connectivity index is 5.22. The molecule has 0 radical (unpaired) electrons. The van der Waals surface area contributed by atoms with Crippen molar-refractivity contribution in [2.24, 2.45) is 0 Å². The van der Waals surface area contributed by atoms with E-state index in [1.165, 1.54) is 0 Å². The molecule has 0 fully saturated rings. The first-order valence-corrected chi connectivity index (χ1v) is 4.95. The zero-order chi connectivity index (χ0) is 14.5. The van der Waals surface area contributed by atoms with Gasteiger partial charge in [0.25, 0.3) is 0 Å². The fourth-order valence-corrected chi connectivity index (χ4v) is 1.03. The first-order chi connectivity index (χ1) is 8.16. The predicted octanol–water partition coefficient (Wildman–Crippen LogP) is 5.38. The van der Waals surface area contributed by atoms with Crippen LogP contribution in [0.25, 0.3) is 0 Å². The Labute approximate surface area is 98.0 Å². The van der Waals surface area contributed by atoms with E-state index in [0.717, 1.165) is 0 Å². The van der Waals surface area contributed by atoms with E-state index < -0.39 is 42.1 Å². The molecule has 0 aliphatic rings. The summed E-state index contributed by atoms with van der Waals surface area (Å²) in [4.78, 5) is 0. The molecule has 1 atom stereocenters. The maximum absolute atomic E-state index is 12.9. The van der Waals surface area contributed by atoms with Crippen molar-refractivity contribution >= 4 is 0 Å². The summed E-state index contributed by atoms with van der Waals surface area (Å²) in [6.45, 7) is 1.54. The van der Waals surface area contributed by atoms with Crippen LogP contribution in [0.5, 0.6) is 0 Å². The molecule has 0 nitrogen and oxygen atoms in total. The van der Waals surface area contributed by atoms with Crippen LogP contribution in [0.15, 0.2) is 23.6 Å². The maximum atomic E-state index is 12.9. The second-order valence-corrected chi connectivity index (χ2v) is 3.44. The molecule has 1 unspecified atom stereocenters. The molecule has 0 rings (SSSR count). The van der Waals surface area contributed by atoms with Gasteiger partial charge in [0.2, 0.25) is 17.5 Å². The van der Waals surface area contributed by atoms with E-state index in [1.54, 1.807) is 6.92 Å². The molecule has 0 amide bonds. The molecule has 106 valence electrons. The van der Waals surface area contributed by atoms with Gasteiger partial charge < -0.3 is 0 Å². The lowest BCUT2D eigenvalue weighted by Gasteiger charge is -2.19. The standard InChI is InChI=1S/C10H10F8/c1-2-3-4-5(11)10(17,18)8(14)6(12)7(13)9(15)16/h5H,2-4H2,1H3. The summed E-state index contributed by atoms with van der Waals surface area (Å²) in [5.41, 5.74) is 0. The zero-order valence-corrected chi connectivity index (χ0v) is 9.22. The number of allylic oxidation sites excluding steroid dienone is 3. The second kappa shape index (κ2) is 6.75. The molecule has 0 aliphatic heterocycles. The quantitative estimate of drug-likeness (QED) is 0.453. The SMILES string of the molecule is CCCCC(F)C(F)(F)C(F)=C(F)C(F)=C(F)F. The van der Waals surface area contributed by atoms with Crippen LogP contribution in [0, 0.1) is 0 Å². The normalized spacial score (nSPS) is 15.2. The van der Waals surface area contributed by atoms with Crippen LogP contribution in [-0.2, 0) is 0 Å². The summed E-state index contributed by atoms with van der Waals surface area (Å²) in [7, 11) is 0. The highest BCUT2D eigenvalue weighted by Crippen LogP contribution is 2.38. The van der Waals surface area contributed by atoms with Crippen molar-refractivity contribution in [3.05, 3.63) is 23.6 Å². The van der Waals surface area contributed by atoms with Crippen molar-refractivity contribution in [1.29, 1.82) is 0 Å². The van der Waals surface area contributed by atoms with Crippen LogP contribution in [0.1, 0.15) is 26.2 Å². The Morgan fingerprint density at radius 1 is 1.00 bits per heavy atom. The number of unbranched alkanes of at least 4 members (excludes halogenated alkanes) is 1. The van der Waals surface area contributed by atoms with Gasteiger partial charge in [-0.15, -0.1) is 0 Å². The third kappa shape index (κ3) is 3.99. The lowest BCUT2D eigenvalue weighted by molar-refractivity contribution is -0.0611. The van der Waals surface area contributed by atoms with Gasteiger partial charge in [-0.3, -0.25) is 0 Å². The Hall–Kier alpha value is -1.08. The Kier molecular flexibility index (Phi) is 6.34. The van der Waals surface area contributed by atoms with E-state index in [-0.39, 0.29) is 6.42 Å². The molecule has 0 aromatic rings. The molecule has 0 saturated heterocycles. The van der Waals surface area contributed by atoms with Crippen LogP contribution in [0.4, 0.5) is 35.1 Å². The first-order valence-electron chi connectivity index (χ1n) is 4.95. The van der Waals surface area contributed by atoms with Gasteiger partial charge >= 0.3 is 12.0 Å². The number of rotatable bonds is 6. The lowest BCUT2D eigenvalue weighted by Crippen LogP contribution is -2.31. The van der Waals surface area contributed by atoms with E-state index >= 15 is 0 Å². The summed E-state index contributed by atoms with van der Waals surface area (Å²) < 4.78 is 99.4. The molecule has 0 aliphatic carbocycles. The minimum atomic E-state index is -4.98. The van der Waals surface area contributed by atoms with Crippen molar-refractivity contribution in [3.8, 4) is 0 Å². The number of hydrogen-bond donors (Lipinski definition) is 0. The molecular weight excluding hydrogens is 272 g/mol. The van der Waals surface area contributed by atoms with Crippen molar-refractivity contribution < 1.29 is 35.1 Å². The van der Waals surface area contributed by atoms with Gasteiger partial charge in [0.15, 0.2) is 6.17 Å². The minimum Gasteiger partial charge on any atom is -0.240 e.